The van der Waals surface area contributed by atoms with Gasteiger partial charge in [0.2, 0.25) is 0 Å². The zero-order valence-corrected chi connectivity index (χ0v) is 10.0. The summed E-state index contributed by atoms with van der Waals surface area (Å²) in [6, 6.07) is 0.235. The van der Waals surface area contributed by atoms with Crippen molar-refractivity contribution in [3.05, 3.63) is 35.1 Å². The highest BCUT2D eigenvalue weighted by atomic mass is 16.5. The molecule has 0 aromatic heterocycles. The molecule has 0 amide bonds. The van der Waals surface area contributed by atoms with Crippen LogP contribution in [0.1, 0.15) is 25.7 Å². The summed E-state index contributed by atoms with van der Waals surface area (Å²) >= 11 is 0. The van der Waals surface area contributed by atoms with Crippen molar-refractivity contribution in [2.24, 2.45) is 0 Å². The Bertz CT molecular complexity index is 445. The lowest BCUT2D eigenvalue weighted by Crippen LogP contribution is -2.40. The van der Waals surface area contributed by atoms with Crippen molar-refractivity contribution >= 4 is 5.78 Å². The quantitative estimate of drug-likeness (QED) is 0.748. The number of ketones is 1. The summed E-state index contributed by atoms with van der Waals surface area (Å²) in [7, 11) is 1.73. The summed E-state index contributed by atoms with van der Waals surface area (Å²) in [5.41, 5.74) is 3.87. The number of carbonyl (C=O) groups excluding carboxylic acids is 1. The van der Waals surface area contributed by atoms with E-state index in [0.717, 1.165) is 12.8 Å². The Kier molecular flexibility index (Phi) is 2.63. The van der Waals surface area contributed by atoms with Crippen LogP contribution in [0.25, 0.3) is 0 Å². The van der Waals surface area contributed by atoms with Crippen LogP contribution < -0.4 is 5.32 Å². The van der Waals surface area contributed by atoms with E-state index in [4.69, 9.17) is 4.74 Å². The largest absolute Gasteiger partial charge is 0.381 e. The summed E-state index contributed by atoms with van der Waals surface area (Å²) in [5, 5.41) is 3.51. The van der Waals surface area contributed by atoms with Crippen molar-refractivity contribution in [3.8, 4) is 0 Å². The highest BCUT2D eigenvalue weighted by Crippen LogP contribution is 2.32. The van der Waals surface area contributed by atoms with Crippen LogP contribution in [-0.2, 0) is 9.53 Å². The molecule has 0 bridgehead atoms. The van der Waals surface area contributed by atoms with E-state index in [2.05, 4.69) is 23.5 Å². The fraction of sp³-hybridized carbons (Fsp3) is 0.500. The van der Waals surface area contributed by atoms with E-state index in [9.17, 15) is 4.79 Å². The Hall–Kier alpha value is -1.35. The first-order valence-electron chi connectivity index (χ1n) is 6.19. The zero-order valence-electron chi connectivity index (χ0n) is 10.0. The molecule has 1 heterocycles. The Balaban J connectivity index is 1.85. The maximum absolute atomic E-state index is 11.5. The molecule has 2 aliphatic carbocycles. The number of hydrogen-bond acceptors (Lipinski definition) is 3. The molecule has 1 aliphatic heterocycles. The minimum Gasteiger partial charge on any atom is -0.381 e. The Morgan fingerprint density at radius 3 is 3.06 bits per heavy atom. The van der Waals surface area contributed by atoms with E-state index in [1.165, 1.54) is 16.8 Å². The molecule has 0 saturated heterocycles. The van der Waals surface area contributed by atoms with E-state index < -0.39 is 0 Å². The fourth-order valence-corrected chi connectivity index (χ4v) is 2.78. The Morgan fingerprint density at radius 2 is 2.24 bits per heavy atom. The molecule has 3 aliphatic rings. The van der Waals surface area contributed by atoms with Crippen molar-refractivity contribution < 1.29 is 9.53 Å². The molecule has 0 aromatic rings. The minimum absolute atomic E-state index is 0.162. The molecular formula is C14H17NO2. The number of nitrogens with one attached hydrogen (secondary N) is 1. The fourth-order valence-electron chi connectivity index (χ4n) is 2.78. The number of fused-ring (bicyclic) bond motifs is 1. The molecular weight excluding hydrogens is 214 g/mol. The number of Topliss-reactive ketones (excluding diaryl/α,β-unsaturated/α-hetero) is 1. The van der Waals surface area contributed by atoms with Crippen LogP contribution in [0, 0.1) is 0 Å². The standard InChI is InChI=1S/C14H17NO2/c1-17-12-5-3-10-6-9-2-4-11(16)7-13(9)15-14(10)8-12/h3,5-6,12-13,15H,2,4,7-8H2,1H3. The van der Waals surface area contributed by atoms with Gasteiger partial charge in [0.15, 0.2) is 0 Å². The van der Waals surface area contributed by atoms with Gasteiger partial charge in [0.1, 0.15) is 5.78 Å². The number of methoxy groups -OCH3 is 1. The van der Waals surface area contributed by atoms with Crippen LogP contribution in [0.4, 0.5) is 0 Å². The van der Waals surface area contributed by atoms with Gasteiger partial charge in [-0.25, -0.2) is 0 Å². The van der Waals surface area contributed by atoms with Gasteiger partial charge in [0, 0.05) is 32.1 Å². The van der Waals surface area contributed by atoms with E-state index in [0.29, 0.717) is 18.6 Å². The van der Waals surface area contributed by atoms with Crippen molar-refractivity contribution in [1.82, 2.24) is 5.32 Å². The van der Waals surface area contributed by atoms with Gasteiger partial charge in [0.05, 0.1) is 12.1 Å². The molecule has 0 radical (unpaired) electrons. The number of dihydropyridines is 1. The maximum atomic E-state index is 11.5. The summed E-state index contributed by atoms with van der Waals surface area (Å²) < 4.78 is 5.35. The van der Waals surface area contributed by atoms with Crippen LogP contribution in [0.3, 0.4) is 0 Å². The number of carbonyl (C=O) groups is 1. The topological polar surface area (TPSA) is 38.3 Å². The zero-order chi connectivity index (χ0) is 11.8. The monoisotopic (exact) mass is 231 g/mol. The summed E-state index contributed by atoms with van der Waals surface area (Å²) in [5.74, 6) is 0.373. The van der Waals surface area contributed by atoms with Crippen LogP contribution in [0.15, 0.2) is 35.1 Å². The minimum atomic E-state index is 0.162. The number of rotatable bonds is 1. The lowest BCUT2D eigenvalue weighted by molar-refractivity contribution is -0.120. The molecule has 3 nitrogen and oxygen atoms in total. The molecule has 17 heavy (non-hydrogen) atoms. The SMILES string of the molecule is COC1C=CC2=C(C1)NC1CC(=O)CCC1=C2. The third-order valence-electron chi connectivity index (χ3n) is 3.81. The summed E-state index contributed by atoms with van der Waals surface area (Å²) in [6.45, 7) is 0. The van der Waals surface area contributed by atoms with E-state index >= 15 is 0 Å². The van der Waals surface area contributed by atoms with Crippen LogP contribution in [-0.4, -0.2) is 25.0 Å². The molecule has 0 spiro atoms. The molecule has 90 valence electrons. The molecule has 2 atom stereocenters. The highest BCUT2D eigenvalue weighted by Gasteiger charge is 2.29. The van der Waals surface area contributed by atoms with Gasteiger partial charge in [-0.1, -0.05) is 18.2 Å². The number of hydrogen-bond donors (Lipinski definition) is 1. The Labute approximate surface area is 101 Å². The third kappa shape index (κ3) is 1.95. The first-order chi connectivity index (χ1) is 8.26. The van der Waals surface area contributed by atoms with Gasteiger partial charge in [-0.15, -0.1) is 0 Å². The van der Waals surface area contributed by atoms with Gasteiger partial charge in [0.25, 0.3) is 0 Å². The predicted molar refractivity (Wildman–Crippen MR) is 65.4 cm³/mol. The highest BCUT2D eigenvalue weighted by molar-refractivity contribution is 5.81. The first-order valence-corrected chi connectivity index (χ1v) is 6.19. The van der Waals surface area contributed by atoms with Gasteiger partial charge in [-0.2, -0.15) is 0 Å². The molecule has 3 rings (SSSR count). The average molecular weight is 231 g/mol. The third-order valence-corrected chi connectivity index (χ3v) is 3.81. The van der Waals surface area contributed by atoms with Crippen LogP contribution in [0.2, 0.25) is 0 Å². The molecule has 1 saturated carbocycles. The second-order valence-corrected chi connectivity index (χ2v) is 4.93. The van der Waals surface area contributed by atoms with E-state index in [1.807, 2.05) is 0 Å². The Morgan fingerprint density at radius 1 is 1.35 bits per heavy atom. The van der Waals surface area contributed by atoms with Crippen LogP contribution in [0.5, 0.6) is 0 Å². The van der Waals surface area contributed by atoms with Gasteiger partial charge in [-0.05, 0) is 17.6 Å². The molecule has 1 N–H and O–H groups in total. The number of ether oxygens (including phenoxy) is 1. The summed E-state index contributed by atoms with van der Waals surface area (Å²) in [4.78, 5) is 11.5. The molecule has 0 aromatic carbocycles. The average Bonchev–Trinajstić information content (AvgIpc) is 2.35. The molecule has 3 heteroatoms. The lowest BCUT2D eigenvalue weighted by Gasteiger charge is -2.34. The van der Waals surface area contributed by atoms with Crippen molar-refractivity contribution in [1.29, 1.82) is 0 Å². The smallest absolute Gasteiger partial charge is 0.135 e. The normalized spacial score (nSPS) is 31.6. The van der Waals surface area contributed by atoms with Crippen molar-refractivity contribution in [2.75, 3.05) is 7.11 Å². The van der Waals surface area contributed by atoms with Crippen molar-refractivity contribution in [3.63, 3.8) is 0 Å². The second-order valence-electron chi connectivity index (χ2n) is 4.93. The summed E-state index contributed by atoms with van der Waals surface area (Å²) in [6.07, 6.45) is 9.79. The van der Waals surface area contributed by atoms with Gasteiger partial charge < -0.3 is 10.1 Å². The lowest BCUT2D eigenvalue weighted by atomic mass is 9.83. The predicted octanol–water partition coefficient (Wildman–Crippen LogP) is 1.87. The maximum Gasteiger partial charge on any atom is 0.135 e. The number of allylic oxidation sites excluding steroid dienone is 3. The van der Waals surface area contributed by atoms with Crippen LogP contribution >= 0.6 is 0 Å². The van der Waals surface area contributed by atoms with Gasteiger partial charge >= 0.3 is 0 Å². The molecule has 2 unspecified atom stereocenters. The van der Waals surface area contributed by atoms with Crippen molar-refractivity contribution in [2.45, 2.75) is 37.8 Å². The first kappa shape index (κ1) is 10.8. The van der Waals surface area contributed by atoms with E-state index in [-0.39, 0.29) is 12.1 Å². The molecule has 1 fully saturated rings. The van der Waals surface area contributed by atoms with Gasteiger partial charge in [-0.3, -0.25) is 4.79 Å². The van der Waals surface area contributed by atoms with E-state index in [1.54, 1.807) is 7.11 Å². The second kappa shape index (κ2) is 4.15.